The number of pyridine rings is 1. The Balaban J connectivity index is 2.09. The number of nitrogens with zero attached hydrogens (tertiary/aromatic N) is 3. The van der Waals surface area contributed by atoms with E-state index >= 15 is 0 Å². The van der Waals surface area contributed by atoms with E-state index in [0.717, 1.165) is 24.5 Å². The maximum atomic E-state index is 8.72. The summed E-state index contributed by atoms with van der Waals surface area (Å²) in [6.45, 7) is 6.73. The van der Waals surface area contributed by atoms with Gasteiger partial charge in [0.15, 0.2) is 0 Å². The van der Waals surface area contributed by atoms with Crippen molar-refractivity contribution in [1.29, 1.82) is 5.26 Å². The molecule has 0 unspecified atom stereocenters. The number of anilines is 1. The summed E-state index contributed by atoms with van der Waals surface area (Å²) in [7, 11) is 0. The highest BCUT2D eigenvalue weighted by atomic mass is 32.2. The van der Waals surface area contributed by atoms with Crippen molar-refractivity contribution in [2.24, 2.45) is 0 Å². The Kier molecular flexibility index (Phi) is 3.58. The first-order chi connectivity index (χ1) is 8.11. The van der Waals surface area contributed by atoms with Gasteiger partial charge < -0.3 is 4.90 Å². The lowest BCUT2D eigenvalue weighted by molar-refractivity contribution is 0.637. The van der Waals surface area contributed by atoms with Gasteiger partial charge in [0.25, 0.3) is 0 Å². The van der Waals surface area contributed by atoms with Gasteiger partial charge in [0.2, 0.25) is 0 Å². The van der Waals surface area contributed by atoms with E-state index in [2.05, 4.69) is 23.7 Å². The first kappa shape index (κ1) is 12.3. The molecule has 3 nitrogen and oxygen atoms in total. The molecule has 1 aliphatic rings. The zero-order valence-corrected chi connectivity index (χ0v) is 11.1. The van der Waals surface area contributed by atoms with Crippen molar-refractivity contribution in [1.82, 2.24) is 4.98 Å². The van der Waals surface area contributed by atoms with E-state index in [1.54, 1.807) is 6.07 Å². The van der Waals surface area contributed by atoms with E-state index in [1.165, 1.54) is 6.42 Å². The van der Waals surface area contributed by atoms with Crippen LogP contribution in [0.25, 0.3) is 0 Å². The van der Waals surface area contributed by atoms with Gasteiger partial charge in [0.1, 0.15) is 11.8 Å². The molecular formula is C13H17N3S. The number of hydrogen-bond donors (Lipinski definition) is 0. The van der Waals surface area contributed by atoms with Gasteiger partial charge in [-0.1, -0.05) is 13.8 Å². The van der Waals surface area contributed by atoms with Crippen LogP contribution in [0, 0.1) is 11.3 Å². The predicted octanol–water partition coefficient (Wildman–Crippen LogP) is 2.68. The lowest BCUT2D eigenvalue weighted by atomic mass is 10.1. The summed E-state index contributed by atoms with van der Waals surface area (Å²) in [6.07, 6.45) is 2.99. The lowest BCUT2D eigenvalue weighted by Crippen LogP contribution is -2.26. The molecule has 1 fully saturated rings. The highest BCUT2D eigenvalue weighted by molar-refractivity contribution is 8.00. The van der Waals surface area contributed by atoms with E-state index in [9.17, 15) is 0 Å². The minimum Gasteiger partial charge on any atom is -0.369 e. The van der Waals surface area contributed by atoms with Gasteiger partial charge in [0.05, 0.1) is 11.9 Å². The molecule has 0 amide bonds. The largest absolute Gasteiger partial charge is 0.369 e. The average molecular weight is 247 g/mol. The van der Waals surface area contributed by atoms with Crippen molar-refractivity contribution >= 4 is 17.4 Å². The molecule has 1 saturated heterocycles. The molecule has 0 saturated carbocycles. The topological polar surface area (TPSA) is 39.9 Å². The zero-order valence-electron chi connectivity index (χ0n) is 10.3. The van der Waals surface area contributed by atoms with Crippen molar-refractivity contribution in [3.63, 3.8) is 0 Å². The van der Waals surface area contributed by atoms with Gasteiger partial charge in [-0.25, -0.2) is 4.98 Å². The Morgan fingerprint density at radius 1 is 1.41 bits per heavy atom. The minimum atomic E-state index is 0.370. The second-order valence-electron chi connectivity index (χ2n) is 4.86. The quantitative estimate of drug-likeness (QED) is 0.765. The van der Waals surface area contributed by atoms with Crippen molar-refractivity contribution in [2.45, 2.75) is 25.0 Å². The van der Waals surface area contributed by atoms with Crippen LogP contribution in [-0.2, 0) is 0 Å². The summed E-state index contributed by atoms with van der Waals surface area (Å²) >= 11 is 2.03. The summed E-state index contributed by atoms with van der Waals surface area (Å²) in [4.78, 5) is 6.49. The molecule has 2 rings (SSSR count). The number of aromatic nitrogens is 1. The Labute approximate surface area is 107 Å². The normalized spacial score (nSPS) is 19.5. The highest BCUT2D eigenvalue weighted by Gasteiger charge is 2.23. The highest BCUT2D eigenvalue weighted by Crippen LogP contribution is 2.32. The molecule has 4 heteroatoms. The van der Waals surface area contributed by atoms with Gasteiger partial charge >= 0.3 is 0 Å². The molecule has 0 N–H and O–H groups in total. The SMILES string of the molecule is CC1(C)CCN(c2ccc(C#N)nc2)CCS1. The van der Waals surface area contributed by atoms with Crippen LogP contribution in [0.3, 0.4) is 0 Å². The second kappa shape index (κ2) is 4.97. The van der Waals surface area contributed by atoms with Gasteiger partial charge in [-0.05, 0) is 18.6 Å². The summed E-state index contributed by atoms with van der Waals surface area (Å²) < 4.78 is 0.370. The molecule has 1 aromatic heterocycles. The molecule has 0 radical (unpaired) electrons. The molecule has 90 valence electrons. The third kappa shape index (κ3) is 3.13. The van der Waals surface area contributed by atoms with Gasteiger partial charge in [-0.3, -0.25) is 0 Å². The van der Waals surface area contributed by atoms with Crippen LogP contribution in [0.1, 0.15) is 26.0 Å². The molecular weight excluding hydrogens is 230 g/mol. The lowest BCUT2D eigenvalue weighted by Gasteiger charge is -2.23. The number of rotatable bonds is 1. The fraction of sp³-hybridized carbons (Fsp3) is 0.538. The molecule has 0 bridgehead atoms. The number of nitriles is 1. The van der Waals surface area contributed by atoms with Crippen molar-refractivity contribution in [2.75, 3.05) is 23.7 Å². The fourth-order valence-corrected chi connectivity index (χ4v) is 3.02. The maximum absolute atomic E-state index is 8.72. The number of hydrogen-bond acceptors (Lipinski definition) is 4. The standard InChI is InChI=1S/C13H17N3S/c1-13(2)5-6-16(7-8-17-13)12-4-3-11(9-14)15-10-12/h3-4,10H,5-8H2,1-2H3. The van der Waals surface area contributed by atoms with Crippen molar-refractivity contribution in [3.8, 4) is 6.07 Å². The van der Waals surface area contributed by atoms with E-state index in [-0.39, 0.29) is 0 Å². The third-order valence-corrected chi connectivity index (χ3v) is 4.44. The van der Waals surface area contributed by atoms with Crippen LogP contribution in [0.2, 0.25) is 0 Å². The van der Waals surface area contributed by atoms with Crippen LogP contribution < -0.4 is 4.90 Å². The molecule has 0 aromatic carbocycles. The molecule has 1 aromatic rings. The van der Waals surface area contributed by atoms with Gasteiger partial charge in [-0.2, -0.15) is 17.0 Å². The molecule has 17 heavy (non-hydrogen) atoms. The van der Waals surface area contributed by atoms with Crippen molar-refractivity contribution in [3.05, 3.63) is 24.0 Å². The smallest absolute Gasteiger partial charge is 0.140 e. The average Bonchev–Trinajstić information content (AvgIpc) is 2.50. The first-order valence-electron chi connectivity index (χ1n) is 5.86. The van der Waals surface area contributed by atoms with Crippen molar-refractivity contribution < 1.29 is 0 Å². The summed E-state index contributed by atoms with van der Waals surface area (Å²) in [5.41, 5.74) is 1.61. The fourth-order valence-electron chi connectivity index (χ4n) is 1.92. The minimum absolute atomic E-state index is 0.370. The zero-order chi connectivity index (χ0) is 12.3. The Bertz CT molecular complexity index is 419. The molecule has 0 spiro atoms. The Hall–Kier alpha value is -1.21. The molecule has 2 heterocycles. The maximum Gasteiger partial charge on any atom is 0.140 e. The van der Waals surface area contributed by atoms with E-state index < -0.39 is 0 Å². The first-order valence-corrected chi connectivity index (χ1v) is 6.84. The Morgan fingerprint density at radius 2 is 2.24 bits per heavy atom. The summed E-state index contributed by atoms with van der Waals surface area (Å²) in [5, 5.41) is 8.72. The monoisotopic (exact) mass is 247 g/mol. The van der Waals surface area contributed by atoms with Crippen LogP contribution in [0.15, 0.2) is 18.3 Å². The second-order valence-corrected chi connectivity index (χ2v) is 6.66. The number of thioether (sulfide) groups is 1. The predicted molar refractivity (Wildman–Crippen MR) is 72.3 cm³/mol. The third-order valence-electron chi connectivity index (χ3n) is 3.07. The van der Waals surface area contributed by atoms with Crippen LogP contribution >= 0.6 is 11.8 Å². The van der Waals surface area contributed by atoms with E-state index in [0.29, 0.717) is 10.4 Å². The van der Waals surface area contributed by atoms with E-state index in [1.807, 2.05) is 30.1 Å². The van der Waals surface area contributed by atoms with Gasteiger partial charge in [-0.15, -0.1) is 0 Å². The van der Waals surface area contributed by atoms with Crippen LogP contribution in [-0.4, -0.2) is 28.6 Å². The molecule has 0 aliphatic carbocycles. The molecule has 0 atom stereocenters. The van der Waals surface area contributed by atoms with Crippen LogP contribution in [0.5, 0.6) is 0 Å². The van der Waals surface area contributed by atoms with Gasteiger partial charge in [0, 0.05) is 23.6 Å². The summed E-state index contributed by atoms with van der Waals surface area (Å²) in [5.74, 6) is 1.15. The molecule has 1 aliphatic heterocycles. The Morgan fingerprint density at radius 3 is 2.88 bits per heavy atom. The summed E-state index contributed by atoms with van der Waals surface area (Å²) in [6, 6.07) is 5.83. The van der Waals surface area contributed by atoms with Crippen LogP contribution in [0.4, 0.5) is 5.69 Å². The van der Waals surface area contributed by atoms with E-state index in [4.69, 9.17) is 5.26 Å².